The maximum absolute atomic E-state index is 11.2. The molecule has 0 aromatic carbocycles. The molecule has 282 valence electrons. The fraction of sp³-hybridized carbons (Fsp3) is 0.256. The maximum Gasteiger partial charge on any atom is 1.00 e. The standard InChI is InChI=1S/C22H28O4.C19H23O2.CO2.CH4O.2Na/c1-18(12-8-14-20(3)16-26-17-23)10-6-7-11-19(2)13-9-15-21(4)22(24)25-5;1-5-6-7-11-16(2)12-8-9-13-17(3)14-10-15-18(4)19(20)21;2-1-3;1-2;;/h6-15,17H,16H2,1-5H3;6-15H,1-4H3,(H,20,21);;2H,1H3;;/q;-1;;;2*+1/p-1/b7-6+,12-8+,13-9+,18-10+,19-11+,20-14+,21-15+;9-8+,11-7+,14-10+,16-12+,17-13+,18-15+;;;;. The summed E-state index contributed by atoms with van der Waals surface area (Å²) in [6, 6.07) is 0. The number of hydrogen-bond donors (Lipinski definition) is 1. The Balaban J connectivity index is -0.000000187. The van der Waals surface area contributed by atoms with Gasteiger partial charge in [-0.2, -0.15) is 9.59 Å². The van der Waals surface area contributed by atoms with E-state index >= 15 is 0 Å². The first-order valence-corrected chi connectivity index (χ1v) is 15.8. The molecule has 0 saturated carbocycles. The van der Waals surface area contributed by atoms with E-state index in [9.17, 15) is 19.5 Å². The Morgan fingerprint density at radius 1 is 0.630 bits per heavy atom. The number of carboxylic acid groups (broad SMARTS) is 1. The summed E-state index contributed by atoms with van der Waals surface area (Å²) >= 11 is 0. The average Bonchev–Trinajstić information content (AvgIpc) is 3.12. The molecule has 0 aromatic rings. The number of carbonyl (C=O) groups excluding carboxylic acids is 5. The predicted molar refractivity (Wildman–Crippen MR) is 207 cm³/mol. The van der Waals surface area contributed by atoms with Crippen LogP contribution < -0.4 is 64.2 Å². The van der Waals surface area contributed by atoms with Gasteiger partial charge in [0, 0.05) is 12.7 Å². The number of ether oxygens (including phenoxy) is 2. The number of carboxylic acids is 1. The van der Waals surface area contributed by atoms with Crippen LogP contribution in [0.4, 0.5) is 0 Å². The van der Waals surface area contributed by atoms with E-state index in [1.54, 1.807) is 19.1 Å². The van der Waals surface area contributed by atoms with Crippen molar-refractivity contribution in [1.29, 1.82) is 0 Å². The minimum atomic E-state index is -1.15. The van der Waals surface area contributed by atoms with E-state index in [1.165, 1.54) is 20.1 Å². The molecule has 0 aliphatic heterocycles. The Hall–Kier alpha value is -3.89. The molecule has 0 aliphatic carbocycles. The summed E-state index contributed by atoms with van der Waals surface area (Å²) in [5.74, 6) is -1.48. The van der Waals surface area contributed by atoms with Gasteiger partial charge in [0.05, 0.1) is 13.1 Å². The maximum atomic E-state index is 11.2. The molecule has 0 atom stereocenters. The van der Waals surface area contributed by atoms with Gasteiger partial charge in [0.25, 0.3) is 6.47 Å². The minimum absolute atomic E-state index is 0. The Morgan fingerprint density at radius 3 is 1.31 bits per heavy atom. The third-order valence-electron chi connectivity index (χ3n) is 5.64. The third kappa shape index (κ3) is 48.1. The Bertz CT molecular complexity index is 1530. The van der Waals surface area contributed by atoms with Gasteiger partial charge in [-0.3, -0.25) is 10.9 Å². The number of hydrogen-bond acceptors (Lipinski definition) is 9. The zero-order valence-electron chi connectivity index (χ0n) is 34.0. The number of allylic oxidation sites excluding steroid dienone is 25. The van der Waals surface area contributed by atoms with Crippen LogP contribution in [0.2, 0.25) is 0 Å². The first kappa shape index (κ1) is 62.1. The Morgan fingerprint density at radius 2 is 0.981 bits per heavy atom. The van der Waals surface area contributed by atoms with E-state index in [0.29, 0.717) is 18.7 Å². The molecular formula is C43H54Na2O9. The second-order valence-corrected chi connectivity index (χ2v) is 10.3. The zero-order chi connectivity index (χ0) is 40.6. The van der Waals surface area contributed by atoms with Crippen LogP contribution >= 0.6 is 0 Å². The molecule has 0 radical (unpaired) electrons. The van der Waals surface area contributed by atoms with Crippen molar-refractivity contribution in [2.75, 3.05) is 20.8 Å². The zero-order valence-corrected chi connectivity index (χ0v) is 38.0. The second kappa shape index (κ2) is 47.1. The van der Waals surface area contributed by atoms with Crippen LogP contribution in [0.5, 0.6) is 0 Å². The van der Waals surface area contributed by atoms with Crippen molar-refractivity contribution in [3.8, 4) is 0 Å². The number of esters is 1. The molecule has 0 heterocycles. The molecule has 0 bridgehead atoms. The first-order chi connectivity index (χ1) is 24.8. The SMILES string of the molecule is CO.COC(=O)/C(C)=C/C=C/C(C)=C/C=C/C=C(C)/C=C/C=C(\C)COC=O.C[C-]=C/C=C/C(C)=C/C=C/C=C(C)/C=C/C=C(\C)C(=O)[O-].O=C=O.[Na+].[Na+]. The van der Waals surface area contributed by atoms with Crippen LogP contribution in [-0.2, 0) is 33.4 Å². The molecule has 0 aromatic heterocycles. The van der Waals surface area contributed by atoms with Gasteiger partial charge >= 0.3 is 71.2 Å². The topological polar surface area (TPSA) is 147 Å². The minimum Gasteiger partial charge on any atom is -0.545 e. The van der Waals surface area contributed by atoms with Crippen LogP contribution in [0.25, 0.3) is 0 Å². The molecule has 11 heteroatoms. The average molecular weight is 761 g/mol. The summed E-state index contributed by atoms with van der Waals surface area (Å²) in [7, 11) is 2.36. The fourth-order valence-corrected chi connectivity index (χ4v) is 2.91. The van der Waals surface area contributed by atoms with Crippen LogP contribution in [0.1, 0.15) is 55.4 Å². The smallest absolute Gasteiger partial charge is 0.545 e. The van der Waals surface area contributed by atoms with Crippen LogP contribution in [0.3, 0.4) is 0 Å². The number of methoxy groups -OCH3 is 1. The van der Waals surface area contributed by atoms with Crippen LogP contribution in [0, 0.1) is 6.08 Å². The molecule has 54 heavy (non-hydrogen) atoms. The number of rotatable bonds is 17. The third-order valence-corrected chi connectivity index (χ3v) is 5.64. The normalized spacial score (nSPS) is 13.1. The number of carbonyl (C=O) groups is 3. The van der Waals surface area contributed by atoms with Crippen molar-refractivity contribution in [3.63, 3.8) is 0 Å². The summed E-state index contributed by atoms with van der Waals surface area (Å²) in [4.78, 5) is 48.1. The van der Waals surface area contributed by atoms with E-state index in [-0.39, 0.29) is 76.8 Å². The van der Waals surface area contributed by atoms with E-state index in [0.717, 1.165) is 35.0 Å². The quantitative estimate of drug-likeness (QED) is 0.0582. The molecule has 0 rings (SSSR count). The van der Waals surface area contributed by atoms with E-state index in [2.05, 4.69) is 15.5 Å². The molecule has 9 nitrogen and oxygen atoms in total. The molecule has 0 unspecified atom stereocenters. The molecule has 0 spiro atoms. The van der Waals surface area contributed by atoms with E-state index in [4.69, 9.17) is 14.7 Å². The molecule has 0 amide bonds. The molecule has 0 aliphatic rings. The van der Waals surface area contributed by atoms with Crippen molar-refractivity contribution in [1.82, 2.24) is 0 Å². The first-order valence-electron chi connectivity index (χ1n) is 15.8. The van der Waals surface area contributed by atoms with Gasteiger partial charge in [0.1, 0.15) is 6.61 Å². The number of aliphatic carboxylic acids is 1. The molecule has 0 fully saturated rings. The van der Waals surface area contributed by atoms with Gasteiger partial charge in [0.2, 0.25) is 0 Å². The number of aliphatic hydroxyl groups excluding tert-OH is 1. The van der Waals surface area contributed by atoms with Crippen molar-refractivity contribution in [3.05, 3.63) is 167 Å². The predicted octanol–water partition coefficient (Wildman–Crippen LogP) is 1.44. The summed E-state index contributed by atoms with van der Waals surface area (Å²) in [6.07, 6.45) is 41.0. The van der Waals surface area contributed by atoms with E-state index in [1.807, 2.05) is 145 Å². The Kier molecular flexibility index (Phi) is 54.2. The fourth-order valence-electron chi connectivity index (χ4n) is 2.91. The van der Waals surface area contributed by atoms with E-state index < -0.39 is 5.97 Å². The van der Waals surface area contributed by atoms with Crippen LogP contribution in [-0.4, -0.2) is 50.5 Å². The molecule has 1 N–H and O–H groups in total. The largest absolute Gasteiger partial charge is 1.00 e. The van der Waals surface area contributed by atoms with Gasteiger partial charge in [-0.05, 0) is 59.6 Å². The van der Waals surface area contributed by atoms with Crippen molar-refractivity contribution >= 4 is 24.6 Å². The summed E-state index contributed by atoms with van der Waals surface area (Å²) < 4.78 is 9.29. The molecule has 0 saturated heterocycles. The molecular weight excluding hydrogens is 706 g/mol. The summed E-state index contributed by atoms with van der Waals surface area (Å²) in [5, 5.41) is 17.5. The second-order valence-electron chi connectivity index (χ2n) is 10.3. The Labute approximate surface area is 367 Å². The van der Waals surface area contributed by atoms with Gasteiger partial charge in [-0.15, -0.1) is 13.0 Å². The number of aliphatic hydroxyl groups is 1. The van der Waals surface area contributed by atoms with Crippen LogP contribution in [0.15, 0.2) is 161 Å². The van der Waals surface area contributed by atoms with Gasteiger partial charge in [0.15, 0.2) is 0 Å². The van der Waals surface area contributed by atoms with Gasteiger partial charge < -0.3 is 24.5 Å². The van der Waals surface area contributed by atoms with Crippen molar-refractivity contribution < 1.29 is 103 Å². The van der Waals surface area contributed by atoms with Crippen molar-refractivity contribution in [2.24, 2.45) is 0 Å². The summed E-state index contributed by atoms with van der Waals surface area (Å²) in [5.41, 5.74) is 6.06. The van der Waals surface area contributed by atoms with Gasteiger partial charge in [-0.1, -0.05) is 126 Å². The summed E-state index contributed by atoms with van der Waals surface area (Å²) in [6.45, 7) is 15.7. The van der Waals surface area contributed by atoms with Crippen molar-refractivity contribution in [2.45, 2.75) is 55.4 Å². The van der Waals surface area contributed by atoms with Gasteiger partial charge in [-0.25, -0.2) is 16.9 Å². The monoisotopic (exact) mass is 760 g/mol.